The van der Waals surface area contributed by atoms with E-state index in [1.165, 1.54) is 11.2 Å². The second kappa shape index (κ2) is 6.02. The largest absolute Gasteiger partial charge is 0.444 e. The van der Waals surface area contributed by atoms with Crippen LogP contribution in [0.1, 0.15) is 37.8 Å². The Kier molecular flexibility index (Phi) is 3.82. The number of urea groups is 1. The number of nitrogens with zero attached hydrogens (tertiary/aromatic N) is 3. The number of aromatic nitrogens is 1. The van der Waals surface area contributed by atoms with Crippen molar-refractivity contribution in [3.05, 3.63) is 42.3 Å². The Morgan fingerprint density at radius 3 is 2.56 bits per heavy atom. The normalized spacial score (nSPS) is 19.9. The molecule has 0 N–H and O–H groups in total. The quantitative estimate of drug-likeness (QED) is 0.804. The third-order valence-electron chi connectivity index (χ3n) is 5.38. The van der Waals surface area contributed by atoms with Crippen LogP contribution in [0.3, 0.4) is 0 Å². The summed E-state index contributed by atoms with van der Waals surface area (Å²) in [4.78, 5) is 33.0. The molecule has 0 atom stereocenters. The van der Waals surface area contributed by atoms with E-state index in [1.807, 2.05) is 30.3 Å². The van der Waals surface area contributed by atoms with E-state index in [-0.39, 0.29) is 18.5 Å². The fraction of sp³-hybridized carbons (Fsp3) is 0.421. The first-order valence-corrected chi connectivity index (χ1v) is 8.71. The van der Waals surface area contributed by atoms with Crippen LogP contribution in [0.15, 0.2) is 41.0 Å². The van der Waals surface area contributed by atoms with Crippen LogP contribution in [0.2, 0.25) is 0 Å². The summed E-state index contributed by atoms with van der Waals surface area (Å²) in [5.41, 5.74) is 0.803. The number of rotatable bonds is 3. The molecule has 1 aromatic heterocycles. The second-order valence-electron chi connectivity index (χ2n) is 6.84. The number of amides is 3. The minimum atomic E-state index is -0.651. The third kappa shape index (κ3) is 2.52. The van der Waals surface area contributed by atoms with Crippen molar-refractivity contribution in [2.75, 3.05) is 7.05 Å². The molecule has 1 aliphatic carbocycles. The predicted molar refractivity (Wildman–Crippen MR) is 91.5 cm³/mol. The average molecular weight is 339 g/mol. The summed E-state index contributed by atoms with van der Waals surface area (Å²) in [5, 5.41) is 0. The standard InChI is InChI=1S/C19H21N3O3/c1-21-18(24)22(17(23)19(21)10-6-3-7-11-19)12-15-13-25-16(20-15)14-8-4-2-5-9-14/h2,4-5,8-9,13H,3,6-7,10-12H2,1H3. The van der Waals surface area contributed by atoms with E-state index in [2.05, 4.69) is 4.98 Å². The summed E-state index contributed by atoms with van der Waals surface area (Å²) in [6.07, 6.45) is 6.12. The van der Waals surface area contributed by atoms with Gasteiger partial charge in [0, 0.05) is 12.6 Å². The van der Waals surface area contributed by atoms with Gasteiger partial charge in [-0.3, -0.25) is 9.69 Å². The maximum atomic E-state index is 13.0. The minimum Gasteiger partial charge on any atom is -0.444 e. The van der Waals surface area contributed by atoms with E-state index in [0.717, 1.165) is 37.7 Å². The Hall–Kier alpha value is -2.63. The van der Waals surface area contributed by atoms with Gasteiger partial charge in [0.1, 0.15) is 11.8 Å². The molecule has 6 heteroatoms. The number of hydrogen-bond donors (Lipinski definition) is 0. The molecule has 6 nitrogen and oxygen atoms in total. The van der Waals surface area contributed by atoms with Crippen molar-refractivity contribution >= 4 is 11.9 Å². The first-order chi connectivity index (χ1) is 12.1. The SMILES string of the molecule is CN1C(=O)N(Cc2coc(-c3ccccc3)n2)C(=O)C12CCCCC2. The topological polar surface area (TPSA) is 66.7 Å². The number of imide groups is 1. The van der Waals surface area contributed by atoms with E-state index in [9.17, 15) is 9.59 Å². The molecule has 3 amide bonds. The van der Waals surface area contributed by atoms with Crippen molar-refractivity contribution < 1.29 is 14.0 Å². The molecule has 2 aliphatic rings. The van der Waals surface area contributed by atoms with Gasteiger partial charge in [0.2, 0.25) is 5.89 Å². The summed E-state index contributed by atoms with van der Waals surface area (Å²) in [6.45, 7) is 0.153. The molecule has 1 aliphatic heterocycles. The number of oxazole rings is 1. The summed E-state index contributed by atoms with van der Waals surface area (Å²) in [7, 11) is 1.74. The predicted octanol–water partition coefficient (Wildman–Crippen LogP) is 3.44. The molecule has 2 heterocycles. The molecular formula is C19H21N3O3. The van der Waals surface area contributed by atoms with Crippen LogP contribution < -0.4 is 0 Å². The van der Waals surface area contributed by atoms with Crippen LogP contribution >= 0.6 is 0 Å². The Labute approximate surface area is 146 Å². The highest BCUT2D eigenvalue weighted by atomic mass is 16.3. The Bertz CT molecular complexity index is 793. The van der Waals surface area contributed by atoms with Gasteiger partial charge in [0.15, 0.2) is 0 Å². The van der Waals surface area contributed by atoms with Crippen LogP contribution in [0.5, 0.6) is 0 Å². The van der Waals surface area contributed by atoms with Crippen molar-refractivity contribution in [2.24, 2.45) is 0 Å². The highest BCUT2D eigenvalue weighted by Crippen LogP contribution is 2.39. The van der Waals surface area contributed by atoms with Gasteiger partial charge in [-0.2, -0.15) is 0 Å². The van der Waals surface area contributed by atoms with E-state index in [1.54, 1.807) is 11.9 Å². The monoisotopic (exact) mass is 339 g/mol. The molecular weight excluding hydrogens is 318 g/mol. The molecule has 2 aromatic rings. The van der Waals surface area contributed by atoms with Gasteiger partial charge in [0.25, 0.3) is 5.91 Å². The van der Waals surface area contributed by atoms with Crippen molar-refractivity contribution in [3.63, 3.8) is 0 Å². The van der Waals surface area contributed by atoms with Crippen LogP contribution in [-0.2, 0) is 11.3 Å². The first-order valence-electron chi connectivity index (χ1n) is 8.71. The molecule has 130 valence electrons. The number of benzene rings is 1. The molecule has 1 spiro atoms. The zero-order chi connectivity index (χ0) is 17.4. The van der Waals surface area contributed by atoms with Crippen LogP contribution in [-0.4, -0.2) is 39.3 Å². The Morgan fingerprint density at radius 2 is 1.84 bits per heavy atom. The minimum absolute atomic E-state index is 0.0936. The first kappa shape index (κ1) is 15.9. The summed E-state index contributed by atoms with van der Waals surface area (Å²) in [5.74, 6) is 0.402. The van der Waals surface area contributed by atoms with Gasteiger partial charge in [-0.05, 0) is 25.0 Å². The molecule has 1 aromatic carbocycles. The molecule has 25 heavy (non-hydrogen) atoms. The van der Waals surface area contributed by atoms with Crippen molar-refractivity contribution in [1.82, 2.24) is 14.8 Å². The molecule has 0 radical (unpaired) electrons. The maximum Gasteiger partial charge on any atom is 0.327 e. The van der Waals surface area contributed by atoms with Gasteiger partial charge in [0.05, 0.1) is 12.2 Å². The van der Waals surface area contributed by atoms with E-state index in [4.69, 9.17) is 4.42 Å². The smallest absolute Gasteiger partial charge is 0.327 e. The summed E-state index contributed by atoms with van der Waals surface area (Å²) in [6, 6.07) is 9.33. The van der Waals surface area contributed by atoms with Gasteiger partial charge in [-0.25, -0.2) is 9.78 Å². The highest BCUT2D eigenvalue weighted by Gasteiger charge is 2.55. The van der Waals surface area contributed by atoms with Crippen molar-refractivity contribution in [3.8, 4) is 11.5 Å². The van der Waals surface area contributed by atoms with Gasteiger partial charge < -0.3 is 9.32 Å². The number of carbonyl (C=O) groups excluding carboxylic acids is 2. The lowest BCUT2D eigenvalue weighted by Crippen LogP contribution is -2.49. The lowest BCUT2D eigenvalue weighted by molar-refractivity contribution is -0.134. The molecule has 2 fully saturated rings. The molecule has 4 rings (SSSR count). The van der Waals surface area contributed by atoms with E-state index in [0.29, 0.717) is 11.6 Å². The summed E-state index contributed by atoms with van der Waals surface area (Å²) >= 11 is 0. The molecule has 1 saturated heterocycles. The highest BCUT2D eigenvalue weighted by molar-refractivity contribution is 6.06. The van der Waals surface area contributed by atoms with E-state index >= 15 is 0 Å². The number of likely N-dealkylation sites (N-methyl/N-ethyl adjacent to an activating group) is 1. The van der Waals surface area contributed by atoms with Crippen LogP contribution in [0.4, 0.5) is 4.79 Å². The number of carbonyl (C=O) groups is 2. The van der Waals surface area contributed by atoms with Gasteiger partial charge in [-0.15, -0.1) is 0 Å². The van der Waals surface area contributed by atoms with Gasteiger partial charge >= 0.3 is 6.03 Å². The lowest BCUT2D eigenvalue weighted by Gasteiger charge is -2.35. The van der Waals surface area contributed by atoms with Gasteiger partial charge in [-0.1, -0.05) is 37.5 Å². The maximum absolute atomic E-state index is 13.0. The van der Waals surface area contributed by atoms with E-state index < -0.39 is 5.54 Å². The Balaban J connectivity index is 1.56. The zero-order valence-corrected chi connectivity index (χ0v) is 14.3. The second-order valence-corrected chi connectivity index (χ2v) is 6.84. The van der Waals surface area contributed by atoms with Crippen LogP contribution in [0, 0.1) is 0 Å². The van der Waals surface area contributed by atoms with Crippen molar-refractivity contribution in [2.45, 2.75) is 44.2 Å². The molecule has 1 saturated carbocycles. The molecule has 0 bridgehead atoms. The fourth-order valence-electron chi connectivity index (χ4n) is 3.93. The zero-order valence-electron chi connectivity index (χ0n) is 14.3. The van der Waals surface area contributed by atoms with Crippen molar-refractivity contribution in [1.29, 1.82) is 0 Å². The Morgan fingerprint density at radius 1 is 1.12 bits per heavy atom. The third-order valence-corrected chi connectivity index (χ3v) is 5.38. The average Bonchev–Trinajstić information content (AvgIpc) is 3.19. The number of hydrogen-bond acceptors (Lipinski definition) is 4. The molecule has 0 unspecified atom stereocenters. The lowest BCUT2D eigenvalue weighted by atomic mass is 9.81. The van der Waals surface area contributed by atoms with Crippen LogP contribution in [0.25, 0.3) is 11.5 Å². The summed E-state index contributed by atoms with van der Waals surface area (Å²) < 4.78 is 5.52. The fourth-order valence-corrected chi connectivity index (χ4v) is 3.93.